The summed E-state index contributed by atoms with van der Waals surface area (Å²) in [7, 11) is 1.57. The molecule has 0 aliphatic rings. The lowest BCUT2D eigenvalue weighted by Gasteiger charge is -2.09. The number of benzene rings is 2. The van der Waals surface area contributed by atoms with E-state index in [2.05, 4.69) is 10.3 Å². The number of hydrogen-bond donors (Lipinski definition) is 1. The molecule has 0 fully saturated rings. The van der Waals surface area contributed by atoms with E-state index in [0.717, 1.165) is 0 Å². The van der Waals surface area contributed by atoms with Crippen LogP contribution in [0.1, 0.15) is 0 Å². The number of ether oxygens (including phenoxy) is 1. The van der Waals surface area contributed by atoms with Crippen LogP contribution in [0.3, 0.4) is 0 Å². The van der Waals surface area contributed by atoms with Crippen LogP contribution in [0, 0.1) is 10.1 Å². The van der Waals surface area contributed by atoms with Crippen molar-refractivity contribution in [1.29, 1.82) is 0 Å². The first kappa shape index (κ1) is 16.2. The van der Waals surface area contributed by atoms with Gasteiger partial charge in [-0.15, -0.1) is 11.3 Å². The topological polar surface area (TPSA) is 77.3 Å². The van der Waals surface area contributed by atoms with Crippen LogP contribution in [-0.4, -0.2) is 17.0 Å². The quantitative estimate of drug-likeness (QED) is 0.504. The highest BCUT2D eigenvalue weighted by molar-refractivity contribution is 7.14. The van der Waals surface area contributed by atoms with Crippen molar-refractivity contribution >= 4 is 39.4 Å². The average molecular weight is 362 g/mol. The van der Waals surface area contributed by atoms with Gasteiger partial charge in [0.1, 0.15) is 5.75 Å². The standard InChI is InChI=1S/C16H12ClN3O3S/c1-23-15-6-5-11(17)8-13(15)18-16-19-14(9-24-16)10-3-2-4-12(7-10)20(21)22/h2-9H,1H3,(H,18,19). The highest BCUT2D eigenvalue weighted by atomic mass is 35.5. The molecule has 24 heavy (non-hydrogen) atoms. The summed E-state index contributed by atoms with van der Waals surface area (Å²) in [5, 5.41) is 17.1. The van der Waals surface area contributed by atoms with Crippen molar-refractivity contribution in [3.63, 3.8) is 0 Å². The maximum absolute atomic E-state index is 10.9. The number of methoxy groups -OCH3 is 1. The first-order chi connectivity index (χ1) is 11.6. The second-order valence-corrected chi connectivity index (χ2v) is 6.11. The average Bonchev–Trinajstić information content (AvgIpc) is 3.04. The number of halogens is 1. The van der Waals surface area contributed by atoms with Gasteiger partial charge < -0.3 is 10.1 Å². The summed E-state index contributed by atoms with van der Waals surface area (Å²) >= 11 is 7.40. The first-order valence-electron chi connectivity index (χ1n) is 6.88. The van der Waals surface area contributed by atoms with E-state index in [1.807, 2.05) is 5.38 Å². The zero-order valence-corrected chi connectivity index (χ0v) is 14.1. The molecule has 0 atom stereocenters. The molecule has 8 heteroatoms. The van der Waals surface area contributed by atoms with Crippen LogP contribution in [0.15, 0.2) is 47.8 Å². The van der Waals surface area contributed by atoms with Crippen LogP contribution in [0.2, 0.25) is 5.02 Å². The molecule has 6 nitrogen and oxygen atoms in total. The molecular weight excluding hydrogens is 350 g/mol. The largest absolute Gasteiger partial charge is 0.495 e. The third-order valence-electron chi connectivity index (χ3n) is 3.26. The van der Waals surface area contributed by atoms with Gasteiger partial charge in [0, 0.05) is 28.1 Å². The van der Waals surface area contributed by atoms with Gasteiger partial charge in [-0.05, 0) is 18.2 Å². The third-order valence-corrected chi connectivity index (χ3v) is 4.25. The molecule has 2 aromatic carbocycles. The van der Waals surface area contributed by atoms with E-state index in [1.165, 1.54) is 23.5 Å². The number of non-ortho nitro benzene ring substituents is 1. The summed E-state index contributed by atoms with van der Waals surface area (Å²) in [6, 6.07) is 11.6. The molecule has 0 saturated carbocycles. The number of thiazole rings is 1. The Morgan fingerprint density at radius 2 is 2.12 bits per heavy atom. The Morgan fingerprint density at radius 3 is 2.88 bits per heavy atom. The highest BCUT2D eigenvalue weighted by Crippen LogP contribution is 2.33. The second kappa shape index (κ2) is 6.86. The minimum Gasteiger partial charge on any atom is -0.495 e. The minimum atomic E-state index is -0.425. The van der Waals surface area contributed by atoms with Crippen molar-refractivity contribution in [2.24, 2.45) is 0 Å². The molecule has 1 aromatic heterocycles. The fourth-order valence-corrected chi connectivity index (χ4v) is 3.04. The maximum atomic E-state index is 10.9. The molecule has 0 bridgehead atoms. The van der Waals surface area contributed by atoms with Crippen molar-refractivity contribution in [3.8, 4) is 17.0 Å². The predicted molar refractivity (Wildman–Crippen MR) is 95.5 cm³/mol. The van der Waals surface area contributed by atoms with Crippen molar-refractivity contribution < 1.29 is 9.66 Å². The van der Waals surface area contributed by atoms with Gasteiger partial charge in [0.15, 0.2) is 5.13 Å². The zero-order chi connectivity index (χ0) is 17.1. The Hall–Kier alpha value is -2.64. The number of nitro groups is 1. The number of aromatic nitrogens is 1. The summed E-state index contributed by atoms with van der Waals surface area (Å²) in [6.45, 7) is 0. The number of rotatable bonds is 5. The third kappa shape index (κ3) is 3.47. The highest BCUT2D eigenvalue weighted by Gasteiger charge is 2.11. The van der Waals surface area contributed by atoms with Gasteiger partial charge in [0.05, 0.1) is 23.4 Å². The SMILES string of the molecule is COc1ccc(Cl)cc1Nc1nc(-c2cccc([N+](=O)[O-])c2)cs1. The van der Waals surface area contributed by atoms with Crippen LogP contribution < -0.4 is 10.1 Å². The molecule has 3 rings (SSSR count). The van der Waals surface area contributed by atoms with Gasteiger partial charge in [-0.1, -0.05) is 23.7 Å². The molecule has 1 N–H and O–H groups in total. The molecule has 0 unspecified atom stereocenters. The number of anilines is 2. The lowest BCUT2D eigenvalue weighted by atomic mass is 10.1. The Labute approximate surface area is 146 Å². The van der Waals surface area contributed by atoms with E-state index < -0.39 is 4.92 Å². The molecule has 0 aliphatic heterocycles. The summed E-state index contributed by atoms with van der Waals surface area (Å²) in [6.07, 6.45) is 0. The molecule has 0 amide bonds. The van der Waals surface area contributed by atoms with Crippen LogP contribution in [0.4, 0.5) is 16.5 Å². The van der Waals surface area contributed by atoms with Crippen molar-refractivity contribution in [3.05, 3.63) is 63.0 Å². The molecule has 122 valence electrons. The van der Waals surface area contributed by atoms with Gasteiger partial charge in [-0.2, -0.15) is 0 Å². The van der Waals surface area contributed by atoms with Gasteiger partial charge in [-0.3, -0.25) is 10.1 Å². The van der Waals surface area contributed by atoms with Crippen LogP contribution in [-0.2, 0) is 0 Å². The fourth-order valence-electron chi connectivity index (χ4n) is 2.14. The van der Waals surface area contributed by atoms with Gasteiger partial charge in [-0.25, -0.2) is 4.98 Å². The second-order valence-electron chi connectivity index (χ2n) is 4.81. The van der Waals surface area contributed by atoms with E-state index in [1.54, 1.807) is 37.4 Å². The van der Waals surface area contributed by atoms with E-state index >= 15 is 0 Å². The predicted octanol–water partition coefficient (Wildman–Crippen LogP) is 5.12. The smallest absolute Gasteiger partial charge is 0.270 e. The van der Waals surface area contributed by atoms with E-state index in [4.69, 9.17) is 16.3 Å². The van der Waals surface area contributed by atoms with Crippen LogP contribution in [0.25, 0.3) is 11.3 Å². The maximum Gasteiger partial charge on any atom is 0.270 e. The Bertz CT molecular complexity index is 898. The molecule has 0 spiro atoms. The summed E-state index contributed by atoms with van der Waals surface area (Å²) in [5.74, 6) is 0.645. The first-order valence-corrected chi connectivity index (χ1v) is 8.13. The van der Waals surface area contributed by atoms with Crippen molar-refractivity contribution in [2.45, 2.75) is 0 Å². The van der Waals surface area contributed by atoms with Crippen LogP contribution in [0.5, 0.6) is 5.75 Å². The molecule has 0 aliphatic carbocycles. The van der Waals surface area contributed by atoms with E-state index in [-0.39, 0.29) is 5.69 Å². The zero-order valence-electron chi connectivity index (χ0n) is 12.5. The Balaban J connectivity index is 1.88. The number of hydrogen-bond acceptors (Lipinski definition) is 6. The Kier molecular flexibility index (Phi) is 4.64. The van der Waals surface area contributed by atoms with Gasteiger partial charge >= 0.3 is 0 Å². The van der Waals surface area contributed by atoms with Crippen molar-refractivity contribution in [1.82, 2.24) is 4.98 Å². The lowest BCUT2D eigenvalue weighted by Crippen LogP contribution is -1.94. The minimum absolute atomic E-state index is 0.0338. The van der Waals surface area contributed by atoms with Crippen molar-refractivity contribution in [2.75, 3.05) is 12.4 Å². The summed E-state index contributed by atoms with van der Waals surface area (Å²) in [5.41, 5.74) is 2.08. The fraction of sp³-hybridized carbons (Fsp3) is 0.0625. The normalized spacial score (nSPS) is 10.4. The molecular formula is C16H12ClN3O3S. The summed E-state index contributed by atoms with van der Waals surface area (Å²) < 4.78 is 5.29. The molecule has 0 radical (unpaired) electrons. The van der Waals surface area contributed by atoms with Crippen LogP contribution >= 0.6 is 22.9 Å². The number of nitrogens with one attached hydrogen (secondary N) is 1. The lowest BCUT2D eigenvalue weighted by molar-refractivity contribution is -0.384. The van der Waals surface area contributed by atoms with E-state index in [0.29, 0.717) is 32.8 Å². The molecule has 1 heterocycles. The number of nitro benzene ring substituents is 1. The van der Waals surface area contributed by atoms with E-state index in [9.17, 15) is 10.1 Å². The Morgan fingerprint density at radius 1 is 1.29 bits per heavy atom. The molecule has 3 aromatic rings. The monoisotopic (exact) mass is 361 g/mol. The molecule has 0 saturated heterocycles. The summed E-state index contributed by atoms with van der Waals surface area (Å²) in [4.78, 5) is 14.9. The number of nitrogens with zero attached hydrogens (tertiary/aromatic N) is 2. The van der Waals surface area contributed by atoms with Gasteiger partial charge in [0.25, 0.3) is 5.69 Å². The van der Waals surface area contributed by atoms with Gasteiger partial charge in [0.2, 0.25) is 0 Å².